The van der Waals surface area contributed by atoms with Gasteiger partial charge in [-0.1, -0.05) is 6.07 Å². The molecule has 10 heteroatoms. The Morgan fingerprint density at radius 2 is 2.05 bits per heavy atom. The normalized spacial score (nSPS) is 15.7. The van der Waals surface area contributed by atoms with Gasteiger partial charge in [0.2, 0.25) is 0 Å². The minimum Gasteiger partial charge on any atom is -0.388 e. The SMILES string of the molecule is C[C@@H](N)Cc1ccc(OS(C)(=O)=O)c(C(=O)OP(C)(=O)O)c1. The maximum atomic E-state index is 11.9. The van der Waals surface area contributed by atoms with Crippen molar-refractivity contribution >= 4 is 23.7 Å². The highest BCUT2D eigenvalue weighted by molar-refractivity contribution is 7.86. The van der Waals surface area contributed by atoms with Crippen LogP contribution in [-0.2, 0) is 25.6 Å². The summed E-state index contributed by atoms with van der Waals surface area (Å²) in [5, 5.41) is 0. The van der Waals surface area contributed by atoms with Crippen LogP contribution in [0.5, 0.6) is 5.75 Å². The van der Waals surface area contributed by atoms with Crippen molar-refractivity contribution in [3.63, 3.8) is 0 Å². The summed E-state index contributed by atoms with van der Waals surface area (Å²) < 4.78 is 42.7. The zero-order chi connectivity index (χ0) is 17.1. The lowest BCUT2D eigenvalue weighted by Gasteiger charge is -2.13. The van der Waals surface area contributed by atoms with E-state index in [1.54, 1.807) is 13.0 Å². The average molecular weight is 351 g/mol. The number of nitrogens with two attached hydrogens (primary N) is 1. The Bertz CT molecular complexity index is 708. The van der Waals surface area contributed by atoms with Gasteiger partial charge < -0.3 is 19.3 Å². The van der Waals surface area contributed by atoms with Crippen LogP contribution in [0.3, 0.4) is 0 Å². The Balaban J connectivity index is 3.27. The van der Waals surface area contributed by atoms with E-state index in [1.807, 2.05) is 0 Å². The van der Waals surface area contributed by atoms with Crippen LogP contribution in [0.25, 0.3) is 0 Å². The van der Waals surface area contributed by atoms with Crippen molar-refractivity contribution in [3.05, 3.63) is 29.3 Å². The van der Waals surface area contributed by atoms with E-state index in [4.69, 9.17) is 14.8 Å². The minimum absolute atomic E-state index is 0.194. The molecule has 0 aliphatic rings. The Morgan fingerprint density at radius 1 is 1.45 bits per heavy atom. The fourth-order valence-corrected chi connectivity index (χ4v) is 2.55. The molecule has 0 saturated heterocycles. The highest BCUT2D eigenvalue weighted by Gasteiger charge is 2.24. The summed E-state index contributed by atoms with van der Waals surface area (Å²) in [5.74, 6) is -1.44. The number of carbonyl (C=O) groups excluding carboxylic acids is 1. The van der Waals surface area contributed by atoms with Gasteiger partial charge in [0.1, 0.15) is 5.56 Å². The van der Waals surface area contributed by atoms with Crippen LogP contribution in [0, 0.1) is 0 Å². The highest BCUT2D eigenvalue weighted by Crippen LogP contribution is 2.38. The van der Waals surface area contributed by atoms with Gasteiger partial charge in [0.05, 0.1) is 6.26 Å². The van der Waals surface area contributed by atoms with Gasteiger partial charge in [-0.2, -0.15) is 8.42 Å². The summed E-state index contributed by atoms with van der Waals surface area (Å²) in [4.78, 5) is 21.1. The van der Waals surface area contributed by atoms with E-state index < -0.39 is 23.7 Å². The third kappa shape index (κ3) is 6.57. The lowest BCUT2D eigenvalue weighted by molar-refractivity contribution is 0.0718. The second-order valence-corrected chi connectivity index (χ2v) is 8.34. The summed E-state index contributed by atoms with van der Waals surface area (Å²) in [7, 11) is -7.96. The fourth-order valence-electron chi connectivity index (χ4n) is 1.67. The first-order valence-corrected chi connectivity index (χ1v) is 10.0. The first-order chi connectivity index (χ1) is 9.87. The standard InChI is InChI=1S/C12H18NO7PS/c1-8(13)6-9-4-5-11(20-22(3,17)18)10(7-9)12(14)19-21(2,15)16/h4-5,7-8H,6,13H2,1-3H3,(H,15,16)/t8-/m1/s1. The Kier molecular flexibility index (Phi) is 5.75. The quantitative estimate of drug-likeness (QED) is 0.570. The molecule has 0 saturated carbocycles. The summed E-state index contributed by atoms with van der Waals surface area (Å²) >= 11 is 0. The molecule has 0 amide bonds. The van der Waals surface area contributed by atoms with Gasteiger partial charge >= 0.3 is 23.7 Å². The molecule has 0 spiro atoms. The Morgan fingerprint density at radius 3 is 2.50 bits per heavy atom. The van der Waals surface area contributed by atoms with Crippen molar-refractivity contribution in [1.82, 2.24) is 0 Å². The third-order valence-electron chi connectivity index (χ3n) is 2.32. The molecule has 1 rings (SSSR count). The maximum Gasteiger partial charge on any atom is 0.375 e. The molecule has 0 aromatic heterocycles. The van der Waals surface area contributed by atoms with Crippen LogP contribution < -0.4 is 9.92 Å². The summed E-state index contributed by atoms with van der Waals surface area (Å²) in [5.41, 5.74) is 6.03. The molecule has 0 aliphatic heterocycles. The number of rotatable bonds is 6. The van der Waals surface area contributed by atoms with E-state index in [9.17, 15) is 17.8 Å². The molecule has 1 unspecified atom stereocenters. The van der Waals surface area contributed by atoms with E-state index in [1.165, 1.54) is 12.1 Å². The predicted molar refractivity (Wildman–Crippen MR) is 80.4 cm³/mol. The zero-order valence-electron chi connectivity index (χ0n) is 12.3. The fraction of sp³-hybridized carbons (Fsp3) is 0.417. The van der Waals surface area contributed by atoms with Crippen molar-refractivity contribution in [3.8, 4) is 5.75 Å². The molecular formula is C12H18NO7PS. The largest absolute Gasteiger partial charge is 0.388 e. The molecular weight excluding hydrogens is 333 g/mol. The highest BCUT2D eigenvalue weighted by atomic mass is 32.2. The van der Waals surface area contributed by atoms with Gasteiger partial charge in [-0.3, -0.25) is 0 Å². The van der Waals surface area contributed by atoms with Crippen LogP contribution in [0.15, 0.2) is 18.2 Å². The molecule has 0 fully saturated rings. The van der Waals surface area contributed by atoms with E-state index in [0.717, 1.165) is 12.9 Å². The van der Waals surface area contributed by atoms with Gasteiger partial charge in [0.25, 0.3) is 0 Å². The maximum absolute atomic E-state index is 11.9. The molecule has 3 N–H and O–H groups in total. The first kappa shape index (κ1) is 18.6. The van der Waals surface area contributed by atoms with Crippen LogP contribution in [0.2, 0.25) is 0 Å². The van der Waals surface area contributed by atoms with E-state index in [-0.39, 0.29) is 17.4 Å². The second-order valence-electron chi connectivity index (χ2n) is 4.98. The molecule has 1 aromatic carbocycles. The van der Waals surface area contributed by atoms with Crippen LogP contribution in [0.4, 0.5) is 0 Å². The molecule has 0 aliphatic carbocycles. The molecule has 8 nitrogen and oxygen atoms in total. The summed E-state index contributed by atoms with van der Waals surface area (Å²) in [6.07, 6.45) is 1.23. The van der Waals surface area contributed by atoms with Crippen LogP contribution >= 0.6 is 7.60 Å². The zero-order valence-corrected chi connectivity index (χ0v) is 14.1. The molecule has 0 bridgehead atoms. The van der Waals surface area contributed by atoms with Crippen molar-refractivity contribution in [2.45, 2.75) is 19.4 Å². The van der Waals surface area contributed by atoms with Crippen molar-refractivity contribution in [1.29, 1.82) is 0 Å². The van der Waals surface area contributed by atoms with Gasteiger partial charge in [-0.25, -0.2) is 9.36 Å². The van der Waals surface area contributed by atoms with Gasteiger partial charge in [0, 0.05) is 12.7 Å². The lowest BCUT2D eigenvalue weighted by atomic mass is 10.0. The van der Waals surface area contributed by atoms with Gasteiger partial charge in [0.15, 0.2) is 5.75 Å². The monoisotopic (exact) mass is 351 g/mol. The van der Waals surface area contributed by atoms with Crippen molar-refractivity contribution < 1.29 is 31.4 Å². The number of benzene rings is 1. The van der Waals surface area contributed by atoms with E-state index >= 15 is 0 Å². The Labute approximate surface area is 128 Å². The first-order valence-electron chi connectivity index (χ1n) is 6.19. The van der Waals surface area contributed by atoms with E-state index in [0.29, 0.717) is 12.0 Å². The van der Waals surface area contributed by atoms with Crippen LogP contribution in [0.1, 0.15) is 22.8 Å². The smallest absolute Gasteiger partial charge is 0.375 e. The number of hydrogen-bond acceptors (Lipinski definition) is 7. The lowest BCUT2D eigenvalue weighted by Crippen LogP contribution is -2.18. The summed E-state index contributed by atoms with van der Waals surface area (Å²) in [6, 6.07) is 3.95. The molecule has 0 heterocycles. The average Bonchev–Trinajstić information content (AvgIpc) is 2.26. The van der Waals surface area contributed by atoms with Crippen molar-refractivity contribution in [2.24, 2.45) is 5.73 Å². The molecule has 0 radical (unpaired) electrons. The topological polar surface area (TPSA) is 133 Å². The Hall–Kier alpha value is -1.41. The minimum atomic E-state index is -4.08. The van der Waals surface area contributed by atoms with Crippen LogP contribution in [-0.4, -0.2) is 38.2 Å². The predicted octanol–water partition coefficient (Wildman–Crippen LogP) is 0.887. The van der Waals surface area contributed by atoms with Gasteiger partial charge in [-0.05, 0) is 31.0 Å². The second kappa shape index (κ2) is 6.78. The number of carbonyl (C=O) groups is 1. The third-order valence-corrected chi connectivity index (χ3v) is 3.30. The summed E-state index contributed by atoms with van der Waals surface area (Å²) in [6.45, 7) is 2.60. The molecule has 2 atom stereocenters. The van der Waals surface area contributed by atoms with Crippen molar-refractivity contribution in [2.75, 3.05) is 12.9 Å². The molecule has 124 valence electrons. The van der Waals surface area contributed by atoms with E-state index in [2.05, 4.69) is 4.52 Å². The molecule has 1 aromatic rings. The number of hydrogen-bond donors (Lipinski definition) is 2. The van der Waals surface area contributed by atoms with Gasteiger partial charge in [-0.15, -0.1) is 0 Å². The molecule has 22 heavy (non-hydrogen) atoms.